The van der Waals surface area contributed by atoms with Gasteiger partial charge in [0.1, 0.15) is 16.4 Å². The number of nitrogens with zero attached hydrogens (tertiary/aromatic N) is 2. The van der Waals surface area contributed by atoms with Crippen molar-refractivity contribution in [1.29, 1.82) is 0 Å². The summed E-state index contributed by atoms with van der Waals surface area (Å²) in [6, 6.07) is 13.1. The van der Waals surface area contributed by atoms with Crippen LogP contribution in [0.1, 0.15) is 15.6 Å². The Morgan fingerprint density at radius 1 is 1.19 bits per heavy atom. The molecule has 0 aliphatic rings. The lowest BCUT2D eigenvalue weighted by Crippen LogP contribution is -2.03. The van der Waals surface area contributed by atoms with Gasteiger partial charge in [-0.1, -0.05) is 5.16 Å². The van der Waals surface area contributed by atoms with Crippen LogP contribution in [0.25, 0.3) is 21.5 Å². The molecule has 4 aromatic rings. The molecule has 2 heterocycles. The van der Waals surface area contributed by atoms with Gasteiger partial charge in [-0.05, 0) is 53.9 Å². The highest BCUT2D eigenvalue weighted by molar-refractivity contribution is 7.20. The fourth-order valence-corrected chi connectivity index (χ4v) is 3.42. The highest BCUT2D eigenvalue weighted by atomic mass is 32.1. The summed E-state index contributed by atoms with van der Waals surface area (Å²) in [6.45, 7) is -0.148. The Balaban J connectivity index is 1.43. The smallest absolute Gasteiger partial charge is 0.348 e. The van der Waals surface area contributed by atoms with Crippen molar-refractivity contribution in [3.05, 3.63) is 65.1 Å². The van der Waals surface area contributed by atoms with Crippen LogP contribution in [0.4, 0.5) is 4.39 Å². The van der Waals surface area contributed by atoms with Gasteiger partial charge in [0, 0.05) is 10.3 Å². The number of halogens is 1. The molecule has 2 aromatic carbocycles. The summed E-state index contributed by atoms with van der Waals surface area (Å²) in [7, 11) is 1.59. The number of carbonyl (C=O) groups excluding carboxylic acids is 1. The van der Waals surface area contributed by atoms with Crippen molar-refractivity contribution in [2.75, 3.05) is 7.11 Å². The van der Waals surface area contributed by atoms with Crippen LogP contribution in [0.3, 0.4) is 0 Å². The van der Waals surface area contributed by atoms with Crippen molar-refractivity contribution in [2.45, 2.75) is 6.61 Å². The maximum atomic E-state index is 13.3. The normalized spacial score (nSPS) is 10.9. The van der Waals surface area contributed by atoms with E-state index in [9.17, 15) is 9.18 Å². The van der Waals surface area contributed by atoms with Crippen LogP contribution in [-0.2, 0) is 11.3 Å². The summed E-state index contributed by atoms with van der Waals surface area (Å²) in [5.41, 5.74) is 0.753. The first-order valence-electron chi connectivity index (χ1n) is 7.95. The zero-order valence-corrected chi connectivity index (χ0v) is 15.0. The highest BCUT2D eigenvalue weighted by Crippen LogP contribution is 2.27. The second kappa shape index (κ2) is 7.16. The van der Waals surface area contributed by atoms with Crippen molar-refractivity contribution in [1.82, 2.24) is 10.1 Å². The fourth-order valence-electron chi connectivity index (χ4n) is 2.48. The van der Waals surface area contributed by atoms with E-state index in [1.165, 1.54) is 23.5 Å². The van der Waals surface area contributed by atoms with Gasteiger partial charge in [-0.2, -0.15) is 4.98 Å². The lowest BCUT2D eigenvalue weighted by Gasteiger charge is -1.99. The summed E-state index contributed by atoms with van der Waals surface area (Å²) in [4.78, 5) is 16.8. The van der Waals surface area contributed by atoms with Crippen LogP contribution >= 0.6 is 11.3 Å². The summed E-state index contributed by atoms with van der Waals surface area (Å²) >= 11 is 1.24. The van der Waals surface area contributed by atoms with E-state index >= 15 is 0 Å². The van der Waals surface area contributed by atoms with Crippen LogP contribution in [0.15, 0.2) is 53.1 Å². The Morgan fingerprint density at radius 2 is 2.00 bits per heavy atom. The molecular weight excluding hydrogens is 371 g/mol. The van der Waals surface area contributed by atoms with Crippen LogP contribution in [0, 0.1) is 5.82 Å². The standard InChI is InChI=1S/C19H13FN2O4S/c1-24-14-5-2-11(3-6-14)18-21-17(26-22-18)10-25-19(23)16-9-12-8-13(20)4-7-15(12)27-16/h2-9H,10H2,1H3. The van der Waals surface area contributed by atoms with Gasteiger partial charge in [-0.3, -0.25) is 0 Å². The minimum atomic E-state index is -0.527. The number of benzene rings is 2. The van der Waals surface area contributed by atoms with Crippen molar-refractivity contribution in [2.24, 2.45) is 0 Å². The molecule has 0 fully saturated rings. The molecule has 0 atom stereocenters. The quantitative estimate of drug-likeness (QED) is 0.473. The van der Waals surface area contributed by atoms with E-state index in [0.717, 1.165) is 16.0 Å². The lowest BCUT2D eigenvalue weighted by molar-refractivity contribution is 0.0435. The number of methoxy groups -OCH3 is 1. The lowest BCUT2D eigenvalue weighted by atomic mass is 10.2. The summed E-state index contributed by atoms with van der Waals surface area (Å²) in [6.07, 6.45) is 0. The molecule has 0 bridgehead atoms. The first-order valence-corrected chi connectivity index (χ1v) is 8.77. The van der Waals surface area contributed by atoms with E-state index in [4.69, 9.17) is 14.0 Å². The summed E-state index contributed by atoms with van der Waals surface area (Å²) < 4.78 is 29.5. The Labute approximate surface area is 157 Å². The SMILES string of the molecule is COc1ccc(-c2noc(COC(=O)c3cc4cc(F)ccc4s3)n2)cc1. The number of thiophene rings is 1. The first-order chi connectivity index (χ1) is 13.1. The molecular formula is C19H13FN2O4S. The number of hydrogen-bond donors (Lipinski definition) is 0. The number of rotatable bonds is 5. The number of esters is 1. The zero-order chi connectivity index (χ0) is 18.8. The minimum absolute atomic E-state index is 0.148. The number of ether oxygens (including phenoxy) is 2. The van der Waals surface area contributed by atoms with Crippen LogP contribution in [-0.4, -0.2) is 23.2 Å². The number of carbonyl (C=O) groups is 1. The molecule has 0 unspecified atom stereocenters. The maximum Gasteiger partial charge on any atom is 0.348 e. The molecule has 0 saturated carbocycles. The average molecular weight is 384 g/mol. The summed E-state index contributed by atoms with van der Waals surface area (Å²) in [5, 5.41) is 4.54. The molecule has 0 amide bonds. The van der Waals surface area contributed by atoms with E-state index in [1.807, 2.05) is 0 Å². The van der Waals surface area contributed by atoms with Crippen molar-refractivity contribution >= 4 is 27.4 Å². The first kappa shape index (κ1) is 17.2. The van der Waals surface area contributed by atoms with Gasteiger partial charge in [0.05, 0.1) is 7.11 Å². The van der Waals surface area contributed by atoms with E-state index in [0.29, 0.717) is 16.1 Å². The Bertz CT molecular complexity index is 1100. The van der Waals surface area contributed by atoms with Gasteiger partial charge in [-0.25, -0.2) is 9.18 Å². The second-order valence-corrected chi connectivity index (χ2v) is 6.69. The van der Waals surface area contributed by atoms with Gasteiger partial charge < -0.3 is 14.0 Å². The van der Waals surface area contributed by atoms with Crippen LogP contribution in [0.5, 0.6) is 5.75 Å². The van der Waals surface area contributed by atoms with Crippen molar-refractivity contribution < 1.29 is 23.2 Å². The molecule has 8 heteroatoms. The van der Waals surface area contributed by atoms with Gasteiger partial charge in [0.15, 0.2) is 6.61 Å². The molecule has 4 rings (SSSR count). The van der Waals surface area contributed by atoms with E-state index in [2.05, 4.69) is 10.1 Å². The zero-order valence-electron chi connectivity index (χ0n) is 14.1. The van der Waals surface area contributed by atoms with Gasteiger partial charge in [0.25, 0.3) is 5.89 Å². The molecule has 0 aliphatic heterocycles. The maximum absolute atomic E-state index is 13.3. The Morgan fingerprint density at radius 3 is 2.78 bits per heavy atom. The fraction of sp³-hybridized carbons (Fsp3) is 0.105. The van der Waals surface area contributed by atoms with Gasteiger partial charge in [0.2, 0.25) is 5.82 Å². The Kier molecular flexibility index (Phi) is 4.55. The molecule has 0 aliphatic carbocycles. The molecule has 6 nitrogen and oxygen atoms in total. The number of aromatic nitrogens is 2. The molecule has 0 radical (unpaired) electrons. The largest absolute Gasteiger partial charge is 0.497 e. The number of fused-ring (bicyclic) bond motifs is 1. The monoisotopic (exact) mass is 384 g/mol. The highest BCUT2D eigenvalue weighted by Gasteiger charge is 2.15. The van der Waals surface area contributed by atoms with Gasteiger partial charge >= 0.3 is 5.97 Å². The topological polar surface area (TPSA) is 74.5 Å². The van der Waals surface area contributed by atoms with E-state index in [-0.39, 0.29) is 18.3 Å². The molecule has 0 N–H and O–H groups in total. The van der Waals surface area contributed by atoms with Gasteiger partial charge in [-0.15, -0.1) is 11.3 Å². The minimum Gasteiger partial charge on any atom is -0.497 e. The average Bonchev–Trinajstić information content (AvgIpc) is 3.33. The molecule has 0 saturated heterocycles. The third kappa shape index (κ3) is 3.65. The predicted molar refractivity (Wildman–Crippen MR) is 97.2 cm³/mol. The molecule has 27 heavy (non-hydrogen) atoms. The second-order valence-electron chi connectivity index (χ2n) is 5.61. The van der Waals surface area contributed by atoms with Crippen LogP contribution < -0.4 is 4.74 Å². The van der Waals surface area contributed by atoms with E-state index in [1.54, 1.807) is 43.5 Å². The molecule has 0 spiro atoms. The number of hydrogen-bond acceptors (Lipinski definition) is 7. The van der Waals surface area contributed by atoms with Crippen molar-refractivity contribution in [3.63, 3.8) is 0 Å². The molecule has 2 aromatic heterocycles. The predicted octanol–water partition coefficient (Wildman–Crippen LogP) is 4.46. The molecule has 136 valence electrons. The van der Waals surface area contributed by atoms with Crippen molar-refractivity contribution in [3.8, 4) is 17.1 Å². The third-order valence-electron chi connectivity index (χ3n) is 3.82. The van der Waals surface area contributed by atoms with Crippen LogP contribution in [0.2, 0.25) is 0 Å². The summed E-state index contributed by atoms with van der Waals surface area (Å²) in [5.74, 6) is 0.417. The Hall–Kier alpha value is -3.26. The third-order valence-corrected chi connectivity index (χ3v) is 4.92. The van der Waals surface area contributed by atoms with E-state index < -0.39 is 5.97 Å².